The number of hydrogen-bond acceptors (Lipinski definition) is 4. The monoisotopic (exact) mass is 307 g/mol. The van der Waals surface area contributed by atoms with E-state index in [1.165, 1.54) is 0 Å². The highest BCUT2D eigenvalue weighted by molar-refractivity contribution is 5.84. The van der Waals surface area contributed by atoms with Crippen molar-refractivity contribution in [3.05, 3.63) is 53.9 Å². The van der Waals surface area contributed by atoms with Crippen molar-refractivity contribution in [2.24, 2.45) is 5.92 Å². The Morgan fingerprint density at radius 1 is 1.17 bits per heavy atom. The van der Waals surface area contributed by atoms with Gasteiger partial charge >= 0.3 is 0 Å². The fourth-order valence-corrected chi connectivity index (χ4v) is 2.73. The van der Waals surface area contributed by atoms with Crippen molar-refractivity contribution in [1.82, 2.24) is 14.6 Å². The van der Waals surface area contributed by atoms with Crippen LogP contribution in [-0.4, -0.2) is 25.5 Å². The minimum Gasteiger partial charge on any atom is -0.392 e. The maximum absolute atomic E-state index is 12.0. The highest BCUT2D eigenvalue weighted by atomic mass is 16.3. The molecule has 5 nitrogen and oxygen atoms in total. The van der Waals surface area contributed by atoms with E-state index in [2.05, 4.69) is 10.1 Å². The number of Topliss-reactive ketones (excluding diaryl/α,β-unsaturated/α-hetero) is 1. The van der Waals surface area contributed by atoms with Crippen molar-refractivity contribution >= 4 is 11.4 Å². The molecule has 116 valence electrons. The summed E-state index contributed by atoms with van der Waals surface area (Å²) < 4.78 is 1.78. The first-order chi connectivity index (χ1) is 11.2. The van der Waals surface area contributed by atoms with E-state index in [1.807, 2.05) is 42.5 Å². The molecule has 0 atom stereocenters. The van der Waals surface area contributed by atoms with Gasteiger partial charge in [0.1, 0.15) is 5.78 Å². The lowest BCUT2D eigenvalue weighted by Gasteiger charge is -2.05. The Balaban J connectivity index is 1.71. The van der Waals surface area contributed by atoms with Crippen molar-refractivity contribution in [3.63, 3.8) is 0 Å². The Morgan fingerprint density at radius 3 is 2.65 bits per heavy atom. The maximum Gasteiger partial charge on any atom is 0.159 e. The lowest BCUT2D eigenvalue weighted by molar-refractivity contribution is -0.119. The molecule has 23 heavy (non-hydrogen) atoms. The van der Waals surface area contributed by atoms with Gasteiger partial charge in [0.25, 0.3) is 0 Å². The third kappa shape index (κ3) is 2.75. The van der Waals surface area contributed by atoms with Crippen LogP contribution in [0.3, 0.4) is 0 Å². The van der Waals surface area contributed by atoms with Gasteiger partial charge in [-0.25, -0.2) is 9.50 Å². The summed E-state index contributed by atoms with van der Waals surface area (Å²) in [7, 11) is 0. The molecule has 0 radical (unpaired) electrons. The molecular weight excluding hydrogens is 290 g/mol. The van der Waals surface area contributed by atoms with Crippen molar-refractivity contribution < 1.29 is 9.90 Å². The average Bonchev–Trinajstić information content (AvgIpc) is 3.35. The lowest BCUT2D eigenvalue weighted by Crippen LogP contribution is -2.06. The number of benzene rings is 1. The Bertz CT molecular complexity index is 864. The van der Waals surface area contributed by atoms with Gasteiger partial charge in [-0.3, -0.25) is 4.79 Å². The molecule has 2 heterocycles. The molecule has 2 aromatic heterocycles. The van der Waals surface area contributed by atoms with Crippen LogP contribution in [0.15, 0.2) is 42.5 Å². The quantitative estimate of drug-likeness (QED) is 0.786. The van der Waals surface area contributed by atoms with E-state index in [0.717, 1.165) is 35.3 Å². The summed E-state index contributed by atoms with van der Waals surface area (Å²) in [6.07, 6.45) is 2.33. The number of nitrogens with zero attached hydrogens (tertiary/aromatic N) is 3. The second kappa shape index (κ2) is 5.59. The van der Waals surface area contributed by atoms with E-state index in [9.17, 15) is 4.79 Å². The number of hydrogen-bond donors (Lipinski definition) is 1. The van der Waals surface area contributed by atoms with Crippen LogP contribution in [0.2, 0.25) is 0 Å². The summed E-state index contributed by atoms with van der Waals surface area (Å²) in [6.45, 7) is 0.0290. The second-order valence-corrected chi connectivity index (χ2v) is 5.98. The lowest BCUT2D eigenvalue weighted by atomic mass is 10.1. The van der Waals surface area contributed by atoms with Crippen molar-refractivity contribution in [2.75, 3.05) is 0 Å². The average molecular weight is 307 g/mol. The van der Waals surface area contributed by atoms with E-state index in [1.54, 1.807) is 4.52 Å². The molecule has 0 aliphatic heterocycles. The Labute approximate surface area is 133 Å². The minimum absolute atomic E-state index is 0.0290. The van der Waals surface area contributed by atoms with Crippen molar-refractivity contribution in [1.29, 1.82) is 0 Å². The first-order valence-corrected chi connectivity index (χ1v) is 7.82. The number of rotatable bonds is 5. The van der Waals surface area contributed by atoms with Gasteiger partial charge in [-0.1, -0.05) is 30.3 Å². The molecule has 0 saturated heterocycles. The molecule has 1 aromatic carbocycles. The standard InChI is InChI=1S/C18H17N3O2/c22-11-12-4-6-13(7-5-12)15-2-1-3-18-19-17(20-21(15)18)10-16(23)14-8-9-14/h1-7,14,22H,8-11H2. The molecule has 3 aromatic rings. The van der Waals surface area contributed by atoms with Crippen LogP contribution >= 0.6 is 0 Å². The van der Waals surface area contributed by atoms with Crippen LogP contribution in [0.1, 0.15) is 24.2 Å². The molecule has 0 amide bonds. The van der Waals surface area contributed by atoms with Gasteiger partial charge in [-0.15, -0.1) is 0 Å². The fourth-order valence-electron chi connectivity index (χ4n) is 2.73. The third-order valence-corrected chi connectivity index (χ3v) is 4.20. The van der Waals surface area contributed by atoms with Gasteiger partial charge in [-0.05, 0) is 30.5 Å². The minimum atomic E-state index is 0.0290. The molecule has 4 rings (SSSR count). The maximum atomic E-state index is 12.0. The molecule has 0 unspecified atom stereocenters. The zero-order valence-electron chi connectivity index (χ0n) is 12.6. The van der Waals surface area contributed by atoms with Crippen molar-refractivity contribution in [3.8, 4) is 11.3 Å². The van der Waals surface area contributed by atoms with Gasteiger partial charge in [0, 0.05) is 11.5 Å². The summed E-state index contributed by atoms with van der Waals surface area (Å²) in [4.78, 5) is 16.4. The highest BCUT2D eigenvalue weighted by Gasteiger charge is 2.30. The van der Waals surface area contributed by atoms with Crippen LogP contribution in [0.25, 0.3) is 16.9 Å². The topological polar surface area (TPSA) is 67.5 Å². The third-order valence-electron chi connectivity index (χ3n) is 4.20. The number of fused-ring (bicyclic) bond motifs is 1. The van der Waals surface area contributed by atoms with Crippen LogP contribution in [0.5, 0.6) is 0 Å². The molecule has 0 bridgehead atoms. The smallest absolute Gasteiger partial charge is 0.159 e. The van der Waals surface area contributed by atoms with E-state index in [0.29, 0.717) is 12.2 Å². The largest absolute Gasteiger partial charge is 0.392 e. The van der Waals surface area contributed by atoms with Crippen LogP contribution in [0.4, 0.5) is 0 Å². The SMILES string of the molecule is O=C(Cc1nc2cccc(-c3ccc(CO)cc3)n2n1)C1CC1. The number of aliphatic hydroxyl groups excluding tert-OH is 1. The Morgan fingerprint density at radius 2 is 1.96 bits per heavy atom. The highest BCUT2D eigenvalue weighted by Crippen LogP contribution is 2.30. The molecule has 0 spiro atoms. The first kappa shape index (κ1) is 14.1. The van der Waals surface area contributed by atoms with Crippen LogP contribution in [0, 0.1) is 5.92 Å². The fraction of sp³-hybridized carbons (Fsp3) is 0.278. The summed E-state index contributed by atoms with van der Waals surface area (Å²) in [5.74, 6) is 1.06. The van der Waals surface area contributed by atoms with Crippen molar-refractivity contribution in [2.45, 2.75) is 25.9 Å². The number of ketones is 1. The number of aliphatic hydroxyl groups is 1. The summed E-state index contributed by atoms with van der Waals surface area (Å²) >= 11 is 0. The molecule has 1 fully saturated rings. The van der Waals surface area contributed by atoms with E-state index in [-0.39, 0.29) is 18.3 Å². The molecule has 1 aliphatic carbocycles. The summed E-state index contributed by atoms with van der Waals surface area (Å²) in [6, 6.07) is 13.5. The Kier molecular flexibility index (Phi) is 3.42. The Hall–Kier alpha value is -2.53. The van der Waals surface area contributed by atoms with Crippen LogP contribution < -0.4 is 0 Å². The van der Waals surface area contributed by atoms with Gasteiger partial charge < -0.3 is 5.11 Å². The normalized spacial score (nSPS) is 14.3. The molecule has 1 N–H and O–H groups in total. The predicted molar refractivity (Wildman–Crippen MR) is 85.8 cm³/mol. The summed E-state index contributed by atoms with van der Waals surface area (Å²) in [5.41, 5.74) is 3.53. The zero-order valence-corrected chi connectivity index (χ0v) is 12.6. The molecule has 1 saturated carbocycles. The van der Waals surface area contributed by atoms with E-state index < -0.39 is 0 Å². The number of carbonyl (C=O) groups is 1. The number of pyridine rings is 1. The number of aromatic nitrogens is 3. The molecule has 1 aliphatic rings. The van der Waals surface area contributed by atoms with Crippen LogP contribution in [-0.2, 0) is 17.8 Å². The van der Waals surface area contributed by atoms with Gasteiger partial charge in [0.05, 0.1) is 18.7 Å². The molecule has 5 heteroatoms. The van der Waals surface area contributed by atoms with Gasteiger partial charge in [0.15, 0.2) is 11.5 Å². The second-order valence-electron chi connectivity index (χ2n) is 5.98. The van der Waals surface area contributed by atoms with E-state index >= 15 is 0 Å². The predicted octanol–water partition coefficient (Wildman–Crippen LogP) is 2.41. The number of carbonyl (C=O) groups excluding carboxylic acids is 1. The van der Waals surface area contributed by atoms with Gasteiger partial charge in [-0.2, -0.15) is 5.10 Å². The molecular formula is C18H17N3O2. The summed E-state index contributed by atoms with van der Waals surface area (Å²) in [5, 5.41) is 13.7. The first-order valence-electron chi connectivity index (χ1n) is 7.82. The van der Waals surface area contributed by atoms with Gasteiger partial charge in [0.2, 0.25) is 0 Å². The zero-order chi connectivity index (χ0) is 15.8. The van der Waals surface area contributed by atoms with E-state index in [4.69, 9.17) is 5.11 Å².